The molecule has 7 heteroatoms. The largest absolute Gasteiger partial charge is 0.445 e. The molecule has 27 heavy (non-hydrogen) atoms. The molecular weight excluding hydrogens is 348 g/mol. The fourth-order valence-electron chi connectivity index (χ4n) is 2.89. The molecule has 0 aromatic heterocycles. The molecule has 1 aliphatic rings. The van der Waals surface area contributed by atoms with Crippen LogP contribution in [0.2, 0.25) is 0 Å². The highest BCUT2D eigenvalue weighted by Gasteiger charge is 2.43. The van der Waals surface area contributed by atoms with E-state index >= 15 is 0 Å². The number of hydrogen-bond acceptors (Lipinski definition) is 5. The maximum Gasteiger partial charge on any atom is 0.417 e. The van der Waals surface area contributed by atoms with Crippen LogP contribution in [-0.4, -0.2) is 35.6 Å². The van der Waals surface area contributed by atoms with Gasteiger partial charge in [-0.05, 0) is 18.1 Å². The fourth-order valence-corrected chi connectivity index (χ4v) is 2.89. The van der Waals surface area contributed by atoms with E-state index in [0.717, 1.165) is 16.0 Å². The molecule has 1 aliphatic heterocycles. The van der Waals surface area contributed by atoms with E-state index in [-0.39, 0.29) is 13.2 Å². The van der Waals surface area contributed by atoms with E-state index in [9.17, 15) is 14.4 Å². The van der Waals surface area contributed by atoms with E-state index < -0.39 is 30.2 Å². The Kier molecular flexibility index (Phi) is 5.71. The third kappa shape index (κ3) is 4.44. The molecule has 3 rings (SSSR count). The average Bonchev–Trinajstić information content (AvgIpc) is 3.00. The summed E-state index contributed by atoms with van der Waals surface area (Å²) in [4.78, 5) is 37.3. The van der Waals surface area contributed by atoms with Crippen LogP contribution < -0.4 is 5.32 Å². The molecular formula is C20H20N2O5. The number of carbonyl (C=O) groups is 3. The van der Waals surface area contributed by atoms with Gasteiger partial charge in [-0.3, -0.25) is 4.79 Å². The van der Waals surface area contributed by atoms with Crippen LogP contribution in [0.25, 0.3) is 0 Å². The maximum atomic E-state index is 12.4. The summed E-state index contributed by atoms with van der Waals surface area (Å²) in [6, 6.07) is 17.9. The van der Waals surface area contributed by atoms with Gasteiger partial charge >= 0.3 is 12.2 Å². The van der Waals surface area contributed by atoms with Crippen molar-refractivity contribution in [2.24, 2.45) is 0 Å². The van der Waals surface area contributed by atoms with Crippen LogP contribution in [0.1, 0.15) is 24.2 Å². The number of ether oxygens (including phenoxy) is 2. The summed E-state index contributed by atoms with van der Waals surface area (Å²) >= 11 is 0. The molecule has 1 saturated heterocycles. The zero-order chi connectivity index (χ0) is 19.2. The Hall–Kier alpha value is -3.35. The average molecular weight is 368 g/mol. The molecule has 140 valence electrons. The maximum absolute atomic E-state index is 12.4. The number of imide groups is 1. The van der Waals surface area contributed by atoms with Crippen molar-refractivity contribution < 1.29 is 23.9 Å². The van der Waals surface area contributed by atoms with Gasteiger partial charge in [-0.1, -0.05) is 60.7 Å². The standard InChI is InChI=1S/C20H20N2O5/c1-14-18(16-10-6-3-7-11-16)27-20(25)22(14)17(23)12-21-19(24)26-13-15-8-4-2-5-9-15/h2-11,14,18H,12-13H2,1H3,(H,21,24)/t14-,18+/m1/s1. The Bertz CT molecular complexity index is 810. The van der Waals surface area contributed by atoms with Gasteiger partial charge in [-0.25, -0.2) is 14.5 Å². The van der Waals surface area contributed by atoms with Crippen LogP contribution in [0.15, 0.2) is 60.7 Å². The molecule has 0 unspecified atom stereocenters. The highest BCUT2D eigenvalue weighted by Crippen LogP contribution is 2.32. The van der Waals surface area contributed by atoms with Crippen molar-refractivity contribution in [3.8, 4) is 0 Å². The van der Waals surface area contributed by atoms with Gasteiger partial charge in [-0.15, -0.1) is 0 Å². The summed E-state index contributed by atoms with van der Waals surface area (Å²) in [6.45, 7) is 1.47. The summed E-state index contributed by atoms with van der Waals surface area (Å²) in [5, 5.41) is 2.37. The lowest BCUT2D eigenvalue weighted by Gasteiger charge is -2.19. The van der Waals surface area contributed by atoms with Gasteiger partial charge in [0, 0.05) is 0 Å². The Balaban J connectivity index is 1.51. The summed E-state index contributed by atoms with van der Waals surface area (Å²) in [5.74, 6) is -0.553. The first kappa shape index (κ1) is 18.4. The molecule has 0 aliphatic carbocycles. The molecule has 1 N–H and O–H groups in total. The number of nitrogens with zero attached hydrogens (tertiary/aromatic N) is 1. The zero-order valence-corrected chi connectivity index (χ0v) is 14.8. The Labute approximate surface area is 156 Å². The SMILES string of the molecule is C[C@@H]1[C@@H](c2ccccc2)OC(=O)N1C(=O)CNC(=O)OCc1ccccc1. The van der Waals surface area contributed by atoms with Gasteiger partial charge < -0.3 is 14.8 Å². The van der Waals surface area contributed by atoms with Crippen LogP contribution in [0, 0.1) is 0 Å². The minimum atomic E-state index is -0.730. The van der Waals surface area contributed by atoms with Crippen molar-refractivity contribution in [1.29, 1.82) is 0 Å². The third-order valence-electron chi connectivity index (χ3n) is 4.26. The molecule has 0 spiro atoms. The number of alkyl carbamates (subject to hydrolysis) is 1. The first-order valence-corrected chi connectivity index (χ1v) is 8.58. The van der Waals surface area contributed by atoms with E-state index in [0.29, 0.717) is 0 Å². The number of benzene rings is 2. The first-order valence-electron chi connectivity index (χ1n) is 8.58. The van der Waals surface area contributed by atoms with Crippen LogP contribution in [0.4, 0.5) is 9.59 Å². The van der Waals surface area contributed by atoms with Crippen molar-refractivity contribution in [3.05, 3.63) is 71.8 Å². The van der Waals surface area contributed by atoms with Crippen LogP contribution >= 0.6 is 0 Å². The molecule has 1 fully saturated rings. The van der Waals surface area contributed by atoms with Crippen molar-refractivity contribution in [1.82, 2.24) is 10.2 Å². The second-order valence-electron chi connectivity index (χ2n) is 6.13. The lowest BCUT2D eigenvalue weighted by molar-refractivity contribution is -0.128. The molecule has 2 aromatic carbocycles. The van der Waals surface area contributed by atoms with E-state index in [1.807, 2.05) is 60.7 Å². The molecule has 2 aromatic rings. The summed E-state index contributed by atoms with van der Waals surface area (Å²) in [7, 11) is 0. The van der Waals surface area contributed by atoms with E-state index in [4.69, 9.17) is 9.47 Å². The van der Waals surface area contributed by atoms with Crippen molar-refractivity contribution in [2.45, 2.75) is 25.7 Å². The predicted molar refractivity (Wildman–Crippen MR) is 96.6 cm³/mol. The number of hydrogen-bond donors (Lipinski definition) is 1. The number of rotatable bonds is 5. The summed E-state index contributed by atoms with van der Waals surface area (Å²) in [6.07, 6.45) is -1.99. The highest BCUT2D eigenvalue weighted by molar-refractivity contribution is 5.95. The molecule has 0 bridgehead atoms. The first-order chi connectivity index (χ1) is 13.1. The Morgan fingerprint density at radius 2 is 1.70 bits per heavy atom. The predicted octanol–water partition coefficient (Wildman–Crippen LogP) is 3.02. The molecule has 3 amide bonds. The number of nitrogens with one attached hydrogen (secondary N) is 1. The topological polar surface area (TPSA) is 84.9 Å². The Morgan fingerprint density at radius 3 is 2.37 bits per heavy atom. The van der Waals surface area contributed by atoms with Gasteiger partial charge in [0.1, 0.15) is 19.3 Å². The second kappa shape index (κ2) is 8.35. The normalized spacial score (nSPS) is 18.7. The second-order valence-corrected chi connectivity index (χ2v) is 6.13. The Morgan fingerprint density at radius 1 is 1.07 bits per heavy atom. The molecule has 1 heterocycles. The smallest absolute Gasteiger partial charge is 0.417 e. The van der Waals surface area contributed by atoms with Gasteiger partial charge in [-0.2, -0.15) is 0 Å². The van der Waals surface area contributed by atoms with Crippen LogP contribution in [-0.2, 0) is 20.9 Å². The quantitative estimate of drug-likeness (QED) is 0.877. The van der Waals surface area contributed by atoms with Gasteiger partial charge in [0.05, 0.1) is 6.04 Å². The molecule has 0 saturated carbocycles. The van der Waals surface area contributed by atoms with E-state index in [2.05, 4.69) is 5.32 Å². The fraction of sp³-hybridized carbons (Fsp3) is 0.250. The van der Waals surface area contributed by atoms with Gasteiger partial charge in [0.25, 0.3) is 5.91 Å². The number of cyclic esters (lactones) is 1. The lowest BCUT2D eigenvalue weighted by Crippen LogP contribution is -2.44. The van der Waals surface area contributed by atoms with Crippen molar-refractivity contribution in [2.75, 3.05) is 6.54 Å². The van der Waals surface area contributed by atoms with E-state index in [1.165, 1.54) is 0 Å². The minimum absolute atomic E-state index is 0.0963. The number of amides is 3. The number of carbonyl (C=O) groups excluding carboxylic acids is 3. The molecule has 0 radical (unpaired) electrons. The summed E-state index contributed by atoms with van der Waals surface area (Å²) in [5.41, 5.74) is 1.64. The summed E-state index contributed by atoms with van der Waals surface area (Å²) < 4.78 is 10.4. The molecule has 2 atom stereocenters. The van der Waals surface area contributed by atoms with Gasteiger partial charge in [0.2, 0.25) is 0 Å². The lowest BCUT2D eigenvalue weighted by atomic mass is 10.0. The monoisotopic (exact) mass is 368 g/mol. The van der Waals surface area contributed by atoms with Crippen molar-refractivity contribution >= 4 is 18.1 Å². The molecule has 7 nitrogen and oxygen atoms in total. The highest BCUT2D eigenvalue weighted by atomic mass is 16.6. The minimum Gasteiger partial charge on any atom is -0.445 e. The third-order valence-corrected chi connectivity index (χ3v) is 4.26. The van der Waals surface area contributed by atoms with Crippen LogP contribution in [0.3, 0.4) is 0 Å². The zero-order valence-electron chi connectivity index (χ0n) is 14.8. The van der Waals surface area contributed by atoms with Crippen molar-refractivity contribution in [3.63, 3.8) is 0 Å². The van der Waals surface area contributed by atoms with Gasteiger partial charge in [0.15, 0.2) is 0 Å². The van der Waals surface area contributed by atoms with Crippen LogP contribution in [0.5, 0.6) is 0 Å². The van der Waals surface area contributed by atoms with E-state index in [1.54, 1.807) is 6.92 Å².